The summed E-state index contributed by atoms with van der Waals surface area (Å²) in [6, 6.07) is 18.6. The molecule has 0 fully saturated rings. The fourth-order valence-electron chi connectivity index (χ4n) is 4.39. The molecule has 0 spiro atoms. The van der Waals surface area contributed by atoms with Crippen molar-refractivity contribution in [3.63, 3.8) is 0 Å². The van der Waals surface area contributed by atoms with Crippen LogP contribution in [0.15, 0.2) is 85.3 Å². The second-order valence-electron chi connectivity index (χ2n) is 9.57. The number of rotatable bonds is 7. The Morgan fingerprint density at radius 2 is 1.73 bits per heavy atom. The van der Waals surface area contributed by atoms with Gasteiger partial charge in [-0.15, -0.1) is 0 Å². The number of halogens is 3. The minimum atomic E-state index is -4.57. The van der Waals surface area contributed by atoms with Crippen LogP contribution in [-0.4, -0.2) is 35.0 Å². The number of hydrogen-bond donors (Lipinski definition) is 1. The third-order valence-electron chi connectivity index (χ3n) is 6.65. The highest BCUT2D eigenvalue weighted by Crippen LogP contribution is 2.31. The number of fused-ring (bicyclic) bond motifs is 1. The third kappa shape index (κ3) is 6.27. The lowest BCUT2D eigenvalue weighted by Gasteiger charge is -2.19. The first-order valence-corrected chi connectivity index (χ1v) is 12.7. The summed E-state index contributed by atoms with van der Waals surface area (Å²) in [5, 5.41) is 3.48. The van der Waals surface area contributed by atoms with Crippen LogP contribution < -0.4 is 15.0 Å². The van der Waals surface area contributed by atoms with E-state index in [1.165, 1.54) is 0 Å². The highest BCUT2D eigenvalue weighted by Gasteiger charge is 2.31. The summed E-state index contributed by atoms with van der Waals surface area (Å²) < 4.78 is 44.4. The van der Waals surface area contributed by atoms with Crippen molar-refractivity contribution in [1.82, 2.24) is 15.0 Å². The Labute approximate surface area is 234 Å². The van der Waals surface area contributed by atoms with Gasteiger partial charge in [-0.1, -0.05) is 18.2 Å². The summed E-state index contributed by atoms with van der Waals surface area (Å²) in [5.74, 6) is 0.840. The first-order valence-electron chi connectivity index (χ1n) is 12.7. The maximum atomic E-state index is 13.1. The zero-order valence-electron chi connectivity index (χ0n) is 22.5. The van der Waals surface area contributed by atoms with Gasteiger partial charge in [-0.05, 0) is 66.1 Å². The lowest BCUT2D eigenvalue weighted by Crippen LogP contribution is -2.17. The van der Waals surface area contributed by atoms with Crippen LogP contribution in [-0.2, 0) is 12.7 Å². The molecule has 0 bridgehead atoms. The van der Waals surface area contributed by atoms with Crippen molar-refractivity contribution in [3.8, 4) is 16.9 Å². The van der Waals surface area contributed by atoms with Crippen molar-refractivity contribution in [2.24, 2.45) is 0 Å². The molecule has 2 aromatic carbocycles. The van der Waals surface area contributed by atoms with Gasteiger partial charge in [0, 0.05) is 54.9 Å². The summed E-state index contributed by atoms with van der Waals surface area (Å²) in [6.07, 6.45) is -0.0845. The van der Waals surface area contributed by atoms with E-state index in [-0.39, 0.29) is 5.69 Å². The zero-order chi connectivity index (χ0) is 29.1. The number of aromatic nitrogens is 3. The van der Waals surface area contributed by atoms with Gasteiger partial charge in [0.25, 0.3) is 5.91 Å². The minimum Gasteiger partial charge on any atom is -0.497 e. The Balaban J connectivity index is 1.35. The predicted molar refractivity (Wildman–Crippen MR) is 152 cm³/mol. The van der Waals surface area contributed by atoms with Crippen molar-refractivity contribution in [1.29, 1.82) is 0 Å². The maximum absolute atomic E-state index is 13.1. The number of alkyl halides is 3. The summed E-state index contributed by atoms with van der Waals surface area (Å²) in [7, 11) is 3.60. The number of aryl methyl sites for hydroxylation is 1. The SMILES string of the molecule is COc1ccc(CN(C)c2cc3ncc(-c4cc(NC(=O)c5cc(C(F)(F)F)ccn5)ccc4C)cc3cn2)cc1. The normalized spacial score (nSPS) is 11.4. The molecule has 0 aliphatic heterocycles. The summed E-state index contributed by atoms with van der Waals surface area (Å²) in [6.45, 7) is 2.59. The van der Waals surface area contributed by atoms with Gasteiger partial charge in [0.2, 0.25) is 0 Å². The largest absolute Gasteiger partial charge is 0.497 e. The molecule has 1 N–H and O–H groups in total. The van der Waals surface area contributed by atoms with Gasteiger partial charge in [-0.2, -0.15) is 13.2 Å². The van der Waals surface area contributed by atoms with Crippen molar-refractivity contribution in [3.05, 3.63) is 108 Å². The quantitative estimate of drug-likeness (QED) is 0.234. The van der Waals surface area contributed by atoms with Gasteiger partial charge in [0.05, 0.1) is 18.2 Å². The molecule has 0 saturated carbocycles. The number of methoxy groups -OCH3 is 1. The van der Waals surface area contributed by atoms with E-state index in [0.717, 1.165) is 63.1 Å². The number of carbonyl (C=O) groups is 1. The van der Waals surface area contributed by atoms with Crippen molar-refractivity contribution < 1.29 is 22.7 Å². The first kappa shape index (κ1) is 27.6. The van der Waals surface area contributed by atoms with Crippen molar-refractivity contribution in [2.45, 2.75) is 19.6 Å². The van der Waals surface area contributed by atoms with Crippen LogP contribution in [0.4, 0.5) is 24.7 Å². The Bertz CT molecular complexity index is 1720. The number of benzene rings is 2. The van der Waals surface area contributed by atoms with Crippen LogP contribution in [0, 0.1) is 6.92 Å². The van der Waals surface area contributed by atoms with Crippen molar-refractivity contribution in [2.75, 3.05) is 24.4 Å². The fraction of sp³-hybridized carbons (Fsp3) is 0.161. The third-order valence-corrected chi connectivity index (χ3v) is 6.65. The summed E-state index contributed by atoms with van der Waals surface area (Å²) in [4.78, 5) is 27.8. The van der Waals surface area contributed by atoms with Crippen LogP contribution in [0.25, 0.3) is 22.0 Å². The summed E-state index contributed by atoms with van der Waals surface area (Å²) >= 11 is 0. The molecule has 0 unspecified atom stereocenters. The molecular weight excluding hydrogens is 531 g/mol. The lowest BCUT2D eigenvalue weighted by molar-refractivity contribution is -0.137. The molecule has 1 amide bonds. The highest BCUT2D eigenvalue weighted by atomic mass is 19.4. The monoisotopic (exact) mass is 557 g/mol. The highest BCUT2D eigenvalue weighted by molar-refractivity contribution is 6.03. The van der Waals surface area contributed by atoms with Gasteiger partial charge in [-0.25, -0.2) is 4.98 Å². The molecular formula is C31H26F3N5O2. The lowest BCUT2D eigenvalue weighted by atomic mass is 10.00. The van der Waals surface area contributed by atoms with Crippen LogP contribution in [0.2, 0.25) is 0 Å². The van der Waals surface area contributed by atoms with E-state index < -0.39 is 17.6 Å². The number of nitrogens with zero attached hydrogens (tertiary/aromatic N) is 4. The smallest absolute Gasteiger partial charge is 0.416 e. The average molecular weight is 558 g/mol. The minimum absolute atomic E-state index is 0.326. The van der Waals surface area contributed by atoms with Gasteiger partial charge in [0.1, 0.15) is 17.3 Å². The topological polar surface area (TPSA) is 80.2 Å². The van der Waals surface area contributed by atoms with Crippen LogP contribution in [0.1, 0.15) is 27.2 Å². The van der Waals surface area contributed by atoms with Crippen LogP contribution >= 0.6 is 0 Å². The van der Waals surface area contributed by atoms with E-state index in [0.29, 0.717) is 12.2 Å². The number of amides is 1. The molecule has 10 heteroatoms. The molecule has 3 heterocycles. The molecule has 41 heavy (non-hydrogen) atoms. The first-order chi connectivity index (χ1) is 19.6. The van der Waals surface area contributed by atoms with Gasteiger partial charge >= 0.3 is 6.18 Å². The van der Waals surface area contributed by atoms with Crippen LogP contribution in [0.3, 0.4) is 0 Å². The number of ether oxygens (including phenoxy) is 1. The zero-order valence-corrected chi connectivity index (χ0v) is 22.5. The molecule has 0 radical (unpaired) electrons. The number of carbonyl (C=O) groups excluding carboxylic acids is 1. The standard InChI is InChI=1S/C31H26F3N5O2/c1-19-4-7-24(38-30(40)28-13-23(10-11-35-28)31(32,33)34)14-26(19)21-12-22-17-37-29(15-27(22)36-16-21)39(2)18-20-5-8-25(41-3)9-6-20/h4-17H,18H2,1-3H3,(H,38,40). The summed E-state index contributed by atoms with van der Waals surface area (Å²) in [5.41, 5.74) is 3.61. The number of pyridine rings is 3. The van der Waals surface area contributed by atoms with E-state index >= 15 is 0 Å². The maximum Gasteiger partial charge on any atom is 0.416 e. The van der Waals surface area contributed by atoms with E-state index in [9.17, 15) is 18.0 Å². The number of nitrogens with one attached hydrogen (secondary N) is 1. The van der Waals surface area contributed by atoms with Crippen molar-refractivity contribution >= 4 is 28.3 Å². The molecule has 0 aliphatic rings. The Morgan fingerprint density at radius 3 is 2.46 bits per heavy atom. The Kier molecular flexibility index (Phi) is 7.56. The number of hydrogen-bond acceptors (Lipinski definition) is 6. The fourth-order valence-corrected chi connectivity index (χ4v) is 4.39. The van der Waals surface area contributed by atoms with Gasteiger partial charge in [0.15, 0.2) is 0 Å². The molecule has 7 nitrogen and oxygen atoms in total. The molecule has 3 aromatic heterocycles. The molecule has 5 aromatic rings. The second-order valence-corrected chi connectivity index (χ2v) is 9.57. The molecule has 0 atom stereocenters. The van der Waals surface area contributed by atoms with E-state index in [4.69, 9.17) is 4.74 Å². The van der Waals surface area contributed by atoms with E-state index in [1.807, 2.05) is 61.3 Å². The van der Waals surface area contributed by atoms with E-state index in [2.05, 4.69) is 20.3 Å². The Morgan fingerprint density at radius 1 is 0.951 bits per heavy atom. The van der Waals surface area contributed by atoms with E-state index in [1.54, 1.807) is 31.6 Å². The molecule has 0 aliphatic carbocycles. The van der Waals surface area contributed by atoms with Gasteiger partial charge < -0.3 is 15.0 Å². The number of anilines is 2. The average Bonchev–Trinajstić information content (AvgIpc) is 2.97. The van der Waals surface area contributed by atoms with Crippen LogP contribution in [0.5, 0.6) is 5.75 Å². The molecule has 5 rings (SSSR count). The predicted octanol–water partition coefficient (Wildman–Crippen LogP) is 6.92. The second kappa shape index (κ2) is 11.2. The molecule has 208 valence electrons. The van der Waals surface area contributed by atoms with Gasteiger partial charge in [-0.3, -0.25) is 14.8 Å². The Hall–Kier alpha value is -4.99. The molecule has 0 saturated heterocycles.